The van der Waals surface area contributed by atoms with E-state index in [9.17, 15) is 19.2 Å². The number of benzene rings is 2. The van der Waals surface area contributed by atoms with Gasteiger partial charge in [-0.1, -0.05) is 0 Å². The van der Waals surface area contributed by atoms with Crippen LogP contribution in [0.5, 0.6) is 23.5 Å². The zero-order chi connectivity index (χ0) is 35.2. The number of carbonyl (C=O) groups excluding carboxylic acids is 4. The third-order valence-corrected chi connectivity index (χ3v) is 5.07. The highest BCUT2D eigenvalue weighted by molar-refractivity contribution is 7.79. The molecule has 25 heteroatoms. The Hall–Kier alpha value is -7.25. The summed E-state index contributed by atoms with van der Waals surface area (Å²) in [5.41, 5.74) is 1.00. The molecule has 0 spiro atoms. The molecule has 6 rings (SSSR count). The second kappa shape index (κ2) is 16.4. The molecule has 0 unspecified atom stereocenters. The molecule has 0 bridgehead atoms. The second-order valence-corrected chi connectivity index (χ2v) is 9.29. The van der Waals surface area contributed by atoms with Crippen molar-refractivity contribution in [3.63, 3.8) is 0 Å². The lowest BCUT2D eigenvalue weighted by atomic mass is 10.1. The molecule has 0 amide bonds. The minimum Gasteiger partial charge on any atom is -0.400 e. The lowest BCUT2D eigenvalue weighted by Crippen LogP contribution is -2.11. The van der Waals surface area contributed by atoms with Crippen LogP contribution in [-0.4, -0.2) is 103 Å². The van der Waals surface area contributed by atoms with Crippen molar-refractivity contribution in [2.75, 3.05) is 0 Å². The highest BCUT2D eigenvalue weighted by atomic mass is 32.3. The van der Waals surface area contributed by atoms with Gasteiger partial charge in [0.1, 0.15) is 24.8 Å². The number of ether oxygens (including phenoxy) is 4. The molecule has 24 nitrogen and oxygen atoms in total. The Labute approximate surface area is 270 Å². The van der Waals surface area contributed by atoms with Crippen molar-refractivity contribution < 1.29 is 55.6 Å². The molecule has 0 atom stereocenters. The van der Waals surface area contributed by atoms with Gasteiger partial charge in [-0.2, -0.15) is 49.7 Å². The van der Waals surface area contributed by atoms with Crippen molar-refractivity contribution in [1.82, 2.24) is 61.6 Å². The average molecular weight is 699 g/mol. The van der Waals surface area contributed by atoms with E-state index in [2.05, 4.69) is 61.6 Å². The van der Waals surface area contributed by atoms with Gasteiger partial charge >= 0.3 is 34.3 Å². The number of hydrogen-bond donors (Lipinski definition) is 6. The summed E-state index contributed by atoms with van der Waals surface area (Å²) in [5.74, 6) is -2.26. The maximum atomic E-state index is 11.8. The first-order valence-corrected chi connectivity index (χ1v) is 14.1. The van der Waals surface area contributed by atoms with Crippen molar-refractivity contribution in [2.24, 2.45) is 0 Å². The summed E-state index contributed by atoms with van der Waals surface area (Å²) in [4.78, 5) is 47.2. The molecule has 49 heavy (non-hydrogen) atoms. The molecule has 2 aromatic carbocycles. The van der Waals surface area contributed by atoms with Crippen LogP contribution in [0, 0.1) is 0 Å². The number of rotatable bonds is 8. The number of aromatic amines is 4. The molecule has 252 valence electrons. The summed E-state index contributed by atoms with van der Waals surface area (Å²) in [7, 11) is -4.67. The van der Waals surface area contributed by atoms with Crippen LogP contribution in [-0.2, 0) is 10.4 Å². The Morgan fingerprint density at radius 2 is 0.633 bits per heavy atom. The van der Waals surface area contributed by atoms with Gasteiger partial charge in [-0.3, -0.25) is 9.11 Å². The minimum absolute atomic E-state index is 0.0551. The van der Waals surface area contributed by atoms with Crippen LogP contribution in [0.1, 0.15) is 41.4 Å². The van der Waals surface area contributed by atoms with Gasteiger partial charge < -0.3 is 18.9 Å². The predicted molar refractivity (Wildman–Crippen MR) is 152 cm³/mol. The van der Waals surface area contributed by atoms with Crippen molar-refractivity contribution in [1.29, 1.82) is 0 Å². The Balaban J connectivity index is 0.000000194. The fraction of sp³-hybridized carbons (Fsp3) is 0. The van der Waals surface area contributed by atoms with Crippen LogP contribution in [0.4, 0.5) is 0 Å². The van der Waals surface area contributed by atoms with Gasteiger partial charge in [0.05, 0.1) is 22.3 Å². The lowest BCUT2D eigenvalue weighted by molar-refractivity contribution is 0.0713. The van der Waals surface area contributed by atoms with Gasteiger partial charge in [0.25, 0.3) is 23.5 Å². The maximum absolute atomic E-state index is 11.8. The van der Waals surface area contributed by atoms with E-state index in [4.69, 9.17) is 36.5 Å². The number of nitrogens with one attached hydrogen (secondary N) is 4. The van der Waals surface area contributed by atoms with Gasteiger partial charge in [0.2, 0.25) is 0 Å². The topological polar surface area (TPSA) is 346 Å². The molecule has 0 aliphatic carbocycles. The summed E-state index contributed by atoms with van der Waals surface area (Å²) >= 11 is 0. The Kier molecular flexibility index (Phi) is 11.6. The molecule has 6 aromatic rings. The predicted octanol–water partition coefficient (Wildman–Crippen LogP) is 0.0696. The summed E-state index contributed by atoms with van der Waals surface area (Å²) in [5, 5.41) is 37.7. The number of nitrogens with zero attached hydrogens (tertiary/aromatic N) is 8. The van der Waals surface area contributed by atoms with E-state index in [1.54, 1.807) is 0 Å². The molecule has 0 saturated carbocycles. The highest BCUT2D eigenvalue weighted by Gasteiger charge is 2.15. The van der Waals surface area contributed by atoms with Crippen LogP contribution in [0.3, 0.4) is 0 Å². The largest absolute Gasteiger partial charge is 0.400 e. The quantitative estimate of drug-likeness (QED) is 0.0904. The number of esters is 4. The molecule has 0 aliphatic heterocycles. The first-order chi connectivity index (χ1) is 23.4. The molecule has 0 radical (unpaired) electrons. The molecular formula is C24H18N12O12S. The summed E-state index contributed by atoms with van der Waals surface area (Å²) in [6.07, 6.45) is 5.06. The van der Waals surface area contributed by atoms with Crippen molar-refractivity contribution in [3.8, 4) is 23.5 Å². The van der Waals surface area contributed by atoms with Crippen LogP contribution in [0.15, 0.2) is 73.3 Å². The van der Waals surface area contributed by atoms with E-state index in [0.29, 0.717) is 0 Å². The van der Waals surface area contributed by atoms with Crippen molar-refractivity contribution in [3.05, 3.63) is 95.6 Å². The van der Waals surface area contributed by atoms with E-state index in [-0.39, 0.29) is 45.8 Å². The van der Waals surface area contributed by atoms with Crippen molar-refractivity contribution >= 4 is 34.3 Å². The van der Waals surface area contributed by atoms with E-state index in [1.165, 1.54) is 73.3 Å². The van der Waals surface area contributed by atoms with Crippen LogP contribution in [0.2, 0.25) is 0 Å². The molecular weight excluding hydrogens is 680 g/mol. The van der Waals surface area contributed by atoms with E-state index >= 15 is 0 Å². The normalized spacial score (nSPS) is 10.3. The highest BCUT2D eigenvalue weighted by Crippen LogP contribution is 2.13. The van der Waals surface area contributed by atoms with E-state index < -0.39 is 34.3 Å². The molecule has 4 heterocycles. The van der Waals surface area contributed by atoms with Gasteiger partial charge in [-0.15, -0.1) is 20.4 Å². The second-order valence-electron chi connectivity index (χ2n) is 8.39. The monoisotopic (exact) mass is 698 g/mol. The van der Waals surface area contributed by atoms with Gasteiger partial charge in [-0.25, -0.2) is 19.2 Å². The number of aromatic nitrogens is 12. The van der Waals surface area contributed by atoms with E-state index in [1.807, 2.05) is 0 Å². The Morgan fingerprint density at radius 3 is 0.776 bits per heavy atom. The summed E-state index contributed by atoms with van der Waals surface area (Å²) in [6.45, 7) is 0. The first-order valence-electron chi connectivity index (χ1n) is 12.7. The van der Waals surface area contributed by atoms with Gasteiger partial charge in [-0.05, 0) is 48.5 Å². The first kappa shape index (κ1) is 34.6. The average Bonchev–Trinajstić information content (AvgIpc) is 3.91. The molecule has 0 aliphatic rings. The fourth-order valence-corrected chi connectivity index (χ4v) is 3.06. The molecule has 6 N–H and O–H groups in total. The number of hydrogen-bond acceptors (Lipinski definition) is 18. The van der Waals surface area contributed by atoms with Crippen molar-refractivity contribution in [2.45, 2.75) is 0 Å². The van der Waals surface area contributed by atoms with Gasteiger partial charge in [0.15, 0.2) is 0 Å². The maximum Gasteiger partial charge on any atom is 0.394 e. The minimum atomic E-state index is -4.67. The Morgan fingerprint density at radius 1 is 0.449 bits per heavy atom. The van der Waals surface area contributed by atoms with Gasteiger partial charge in [0, 0.05) is 0 Å². The van der Waals surface area contributed by atoms with Crippen LogP contribution < -0.4 is 18.9 Å². The third-order valence-electron chi connectivity index (χ3n) is 5.07. The zero-order valence-corrected chi connectivity index (χ0v) is 24.7. The Bertz CT molecular complexity index is 1770. The zero-order valence-electron chi connectivity index (χ0n) is 23.9. The van der Waals surface area contributed by atoms with Crippen LogP contribution in [0.25, 0.3) is 0 Å². The molecule has 0 fully saturated rings. The standard InChI is InChI=1S/2C12H8N6O4.H2O4S/c2*19-11(21-9-5-13-17-15-9)7-1-2-8(4-3-7)12(20)22-10-6-14-18-16-10;1-5(2,3)4/h2*1-6H,(H,13,15,17)(H,14,16,18);(H2,1,2,3,4). The molecule has 4 aromatic heterocycles. The summed E-state index contributed by atoms with van der Waals surface area (Å²) < 4.78 is 51.4. The summed E-state index contributed by atoms with van der Waals surface area (Å²) in [6, 6.07) is 11.5. The van der Waals surface area contributed by atoms with Crippen LogP contribution >= 0.6 is 0 Å². The fourth-order valence-electron chi connectivity index (χ4n) is 3.06. The lowest BCUT2D eigenvalue weighted by Gasteiger charge is -2.03. The smallest absolute Gasteiger partial charge is 0.394 e. The molecule has 0 saturated heterocycles. The SMILES string of the molecule is O=C(Oc1cn[nH]n1)c1ccc(C(=O)Oc2cn[nH]n2)cc1.O=C(Oc1cn[nH]n1)c1ccc(C(=O)Oc2cn[nH]n2)cc1.O=S(=O)(O)O. The number of carbonyl (C=O) groups is 4. The van der Waals surface area contributed by atoms with E-state index in [0.717, 1.165) is 0 Å². The number of H-pyrrole nitrogens is 4. The third kappa shape index (κ3) is 11.6.